The standard InChI is InChI=1S/C12H21N3O/c1-9(2)5-6-13-12(16)8-15-11(4)7-10(3)14-15/h7,9H,5-6,8H2,1-4H3,(H,13,16). The summed E-state index contributed by atoms with van der Waals surface area (Å²) >= 11 is 0. The van der Waals surface area contributed by atoms with Gasteiger partial charge in [0, 0.05) is 12.2 Å². The lowest BCUT2D eigenvalue weighted by Crippen LogP contribution is -2.29. The van der Waals surface area contributed by atoms with Crippen molar-refractivity contribution in [2.24, 2.45) is 5.92 Å². The topological polar surface area (TPSA) is 46.9 Å². The minimum atomic E-state index is 0.0341. The van der Waals surface area contributed by atoms with E-state index in [0.717, 1.165) is 24.4 Å². The predicted molar refractivity (Wildman–Crippen MR) is 64.2 cm³/mol. The zero-order valence-electron chi connectivity index (χ0n) is 10.6. The van der Waals surface area contributed by atoms with Crippen LogP contribution in [0.3, 0.4) is 0 Å². The van der Waals surface area contributed by atoms with E-state index in [2.05, 4.69) is 24.3 Å². The van der Waals surface area contributed by atoms with Crippen LogP contribution < -0.4 is 5.32 Å². The lowest BCUT2D eigenvalue weighted by molar-refractivity contribution is -0.121. The molecule has 0 aliphatic carbocycles. The van der Waals surface area contributed by atoms with Gasteiger partial charge in [-0.2, -0.15) is 5.10 Å². The van der Waals surface area contributed by atoms with Crippen molar-refractivity contribution in [2.45, 2.75) is 40.7 Å². The molecule has 16 heavy (non-hydrogen) atoms. The molecule has 0 spiro atoms. The van der Waals surface area contributed by atoms with Crippen LogP contribution >= 0.6 is 0 Å². The van der Waals surface area contributed by atoms with Crippen molar-refractivity contribution in [2.75, 3.05) is 6.54 Å². The number of hydrogen-bond donors (Lipinski definition) is 1. The number of aromatic nitrogens is 2. The Morgan fingerprint density at radius 2 is 2.19 bits per heavy atom. The average Bonchev–Trinajstić information content (AvgIpc) is 2.44. The normalized spacial score (nSPS) is 10.8. The molecule has 4 nitrogen and oxygen atoms in total. The molecule has 0 aliphatic rings. The first-order valence-electron chi connectivity index (χ1n) is 5.76. The van der Waals surface area contributed by atoms with Crippen molar-refractivity contribution in [3.63, 3.8) is 0 Å². The van der Waals surface area contributed by atoms with Gasteiger partial charge in [0.2, 0.25) is 5.91 Å². The van der Waals surface area contributed by atoms with E-state index < -0.39 is 0 Å². The second-order valence-electron chi connectivity index (χ2n) is 4.62. The molecule has 90 valence electrons. The van der Waals surface area contributed by atoms with Gasteiger partial charge in [-0.25, -0.2) is 0 Å². The average molecular weight is 223 g/mol. The largest absolute Gasteiger partial charge is 0.354 e. The fraction of sp³-hybridized carbons (Fsp3) is 0.667. The van der Waals surface area contributed by atoms with Crippen LogP contribution in [0.5, 0.6) is 0 Å². The summed E-state index contributed by atoms with van der Waals surface area (Å²) in [6.07, 6.45) is 1.02. The maximum absolute atomic E-state index is 11.6. The monoisotopic (exact) mass is 223 g/mol. The number of rotatable bonds is 5. The molecule has 0 aromatic carbocycles. The lowest BCUT2D eigenvalue weighted by Gasteiger charge is -2.08. The van der Waals surface area contributed by atoms with Gasteiger partial charge in [-0.05, 0) is 32.3 Å². The maximum atomic E-state index is 11.6. The van der Waals surface area contributed by atoms with E-state index >= 15 is 0 Å². The molecule has 1 N–H and O–H groups in total. The van der Waals surface area contributed by atoms with E-state index in [-0.39, 0.29) is 5.91 Å². The van der Waals surface area contributed by atoms with Crippen LogP contribution in [0, 0.1) is 19.8 Å². The van der Waals surface area contributed by atoms with Crippen LogP contribution in [-0.4, -0.2) is 22.2 Å². The zero-order valence-corrected chi connectivity index (χ0v) is 10.6. The summed E-state index contributed by atoms with van der Waals surface area (Å²) < 4.78 is 1.74. The van der Waals surface area contributed by atoms with E-state index in [1.165, 1.54) is 0 Å². The molecule has 0 radical (unpaired) electrons. The Balaban J connectivity index is 2.37. The second kappa shape index (κ2) is 5.68. The molecule has 0 saturated carbocycles. The SMILES string of the molecule is Cc1cc(C)n(CC(=O)NCCC(C)C)n1. The molecule has 0 aliphatic heterocycles. The predicted octanol–water partition coefficient (Wildman–Crippen LogP) is 1.66. The Hall–Kier alpha value is -1.32. The van der Waals surface area contributed by atoms with Crippen LogP contribution in [0.25, 0.3) is 0 Å². The van der Waals surface area contributed by atoms with Gasteiger partial charge in [0.1, 0.15) is 6.54 Å². The van der Waals surface area contributed by atoms with E-state index in [0.29, 0.717) is 12.5 Å². The van der Waals surface area contributed by atoms with Gasteiger partial charge in [0.15, 0.2) is 0 Å². The first-order valence-corrected chi connectivity index (χ1v) is 5.76. The maximum Gasteiger partial charge on any atom is 0.241 e. The molecule has 0 saturated heterocycles. The lowest BCUT2D eigenvalue weighted by atomic mass is 10.1. The molecule has 4 heteroatoms. The Kier molecular flexibility index (Phi) is 4.52. The van der Waals surface area contributed by atoms with Crippen LogP contribution in [0.2, 0.25) is 0 Å². The Labute approximate surface area is 97.0 Å². The number of carbonyl (C=O) groups is 1. The Bertz CT molecular complexity index is 355. The third-order valence-electron chi connectivity index (χ3n) is 2.44. The van der Waals surface area contributed by atoms with Crippen molar-refractivity contribution in [1.29, 1.82) is 0 Å². The van der Waals surface area contributed by atoms with Gasteiger partial charge in [-0.3, -0.25) is 9.48 Å². The van der Waals surface area contributed by atoms with Crippen LogP contribution in [0.15, 0.2) is 6.07 Å². The van der Waals surface area contributed by atoms with Crippen molar-refractivity contribution >= 4 is 5.91 Å². The molecular formula is C12H21N3O. The molecule has 1 heterocycles. The fourth-order valence-corrected chi connectivity index (χ4v) is 1.53. The number of nitrogens with one attached hydrogen (secondary N) is 1. The first-order chi connectivity index (χ1) is 7.49. The summed E-state index contributed by atoms with van der Waals surface area (Å²) in [6, 6.07) is 1.97. The molecule has 0 bridgehead atoms. The van der Waals surface area contributed by atoms with E-state index in [4.69, 9.17) is 0 Å². The summed E-state index contributed by atoms with van der Waals surface area (Å²) in [4.78, 5) is 11.6. The molecular weight excluding hydrogens is 202 g/mol. The second-order valence-corrected chi connectivity index (χ2v) is 4.62. The molecule has 1 amide bonds. The highest BCUT2D eigenvalue weighted by molar-refractivity contribution is 5.75. The van der Waals surface area contributed by atoms with Gasteiger partial charge in [-0.15, -0.1) is 0 Å². The zero-order chi connectivity index (χ0) is 12.1. The van der Waals surface area contributed by atoms with Crippen molar-refractivity contribution < 1.29 is 4.79 Å². The molecule has 1 aromatic heterocycles. The summed E-state index contributed by atoms with van der Waals surface area (Å²) in [5.41, 5.74) is 1.98. The number of hydrogen-bond acceptors (Lipinski definition) is 2. The third-order valence-corrected chi connectivity index (χ3v) is 2.44. The minimum absolute atomic E-state index is 0.0341. The van der Waals surface area contributed by atoms with Crippen LogP contribution in [0.1, 0.15) is 31.7 Å². The van der Waals surface area contributed by atoms with Crippen LogP contribution in [0.4, 0.5) is 0 Å². The smallest absolute Gasteiger partial charge is 0.241 e. The number of nitrogens with zero attached hydrogens (tertiary/aromatic N) is 2. The van der Waals surface area contributed by atoms with Crippen molar-refractivity contribution in [1.82, 2.24) is 15.1 Å². The van der Waals surface area contributed by atoms with E-state index in [9.17, 15) is 4.79 Å². The quantitative estimate of drug-likeness (QED) is 0.825. The molecule has 1 aromatic rings. The molecule has 1 rings (SSSR count). The highest BCUT2D eigenvalue weighted by atomic mass is 16.2. The summed E-state index contributed by atoms with van der Waals surface area (Å²) in [5, 5.41) is 7.15. The third kappa shape index (κ3) is 4.04. The minimum Gasteiger partial charge on any atom is -0.354 e. The summed E-state index contributed by atoms with van der Waals surface area (Å²) in [5.74, 6) is 0.654. The fourth-order valence-electron chi connectivity index (χ4n) is 1.53. The number of aryl methyl sites for hydroxylation is 2. The highest BCUT2D eigenvalue weighted by Crippen LogP contribution is 2.01. The Morgan fingerprint density at radius 1 is 1.50 bits per heavy atom. The molecule has 0 fully saturated rings. The van der Waals surface area contributed by atoms with Gasteiger partial charge in [-0.1, -0.05) is 13.8 Å². The van der Waals surface area contributed by atoms with Crippen LogP contribution in [-0.2, 0) is 11.3 Å². The van der Waals surface area contributed by atoms with Gasteiger partial charge >= 0.3 is 0 Å². The molecule has 0 unspecified atom stereocenters. The number of amides is 1. The highest BCUT2D eigenvalue weighted by Gasteiger charge is 2.06. The van der Waals surface area contributed by atoms with Crippen molar-refractivity contribution in [3.05, 3.63) is 17.5 Å². The number of carbonyl (C=O) groups excluding carboxylic acids is 1. The molecule has 0 atom stereocenters. The van der Waals surface area contributed by atoms with Gasteiger partial charge in [0.25, 0.3) is 0 Å². The van der Waals surface area contributed by atoms with Gasteiger partial charge in [0.05, 0.1) is 5.69 Å². The van der Waals surface area contributed by atoms with Gasteiger partial charge < -0.3 is 5.32 Å². The van der Waals surface area contributed by atoms with E-state index in [1.807, 2.05) is 19.9 Å². The first kappa shape index (κ1) is 12.7. The summed E-state index contributed by atoms with van der Waals surface area (Å²) in [7, 11) is 0. The van der Waals surface area contributed by atoms with E-state index in [1.54, 1.807) is 4.68 Å². The van der Waals surface area contributed by atoms with Crippen molar-refractivity contribution in [3.8, 4) is 0 Å². The summed E-state index contributed by atoms with van der Waals surface area (Å²) in [6.45, 7) is 9.25. The Morgan fingerprint density at radius 3 is 2.69 bits per heavy atom.